The van der Waals surface area contributed by atoms with E-state index in [-0.39, 0.29) is 5.91 Å². The molecule has 0 unspecified atom stereocenters. The summed E-state index contributed by atoms with van der Waals surface area (Å²) in [5, 5.41) is 2.95. The fraction of sp³-hybridized carbons (Fsp3) is 0.435. The van der Waals surface area contributed by atoms with E-state index in [1.54, 1.807) is 7.11 Å². The molecule has 0 spiro atoms. The summed E-state index contributed by atoms with van der Waals surface area (Å²) in [6.45, 7) is 7.76. The number of nitrogens with zero attached hydrogens (tertiary/aromatic N) is 1. The van der Waals surface area contributed by atoms with Crippen LogP contribution in [0.25, 0.3) is 0 Å². The molecule has 7 heteroatoms. The SMILES string of the molecule is CCOc1ccc(OCCNC(=O)C[NH+]2CCN(c3cccc(OC)c3)CC2)cc1. The average Bonchev–Trinajstić information content (AvgIpc) is 2.78. The van der Waals surface area contributed by atoms with Crippen molar-refractivity contribution in [3.8, 4) is 17.2 Å². The van der Waals surface area contributed by atoms with Crippen LogP contribution in [0.1, 0.15) is 6.92 Å². The third kappa shape index (κ3) is 6.56. The first-order chi connectivity index (χ1) is 14.7. The third-order valence-corrected chi connectivity index (χ3v) is 5.13. The smallest absolute Gasteiger partial charge is 0.275 e. The van der Waals surface area contributed by atoms with Gasteiger partial charge in [-0.1, -0.05) is 6.07 Å². The summed E-state index contributed by atoms with van der Waals surface area (Å²) in [5.41, 5.74) is 1.17. The highest BCUT2D eigenvalue weighted by molar-refractivity contribution is 5.76. The molecule has 0 aromatic heterocycles. The Hall–Kier alpha value is -2.93. The molecule has 1 aliphatic heterocycles. The molecule has 0 aliphatic carbocycles. The van der Waals surface area contributed by atoms with Gasteiger partial charge >= 0.3 is 0 Å². The lowest BCUT2D eigenvalue weighted by molar-refractivity contribution is -0.892. The Balaban J connectivity index is 1.32. The van der Waals surface area contributed by atoms with E-state index in [1.807, 2.05) is 43.3 Å². The van der Waals surface area contributed by atoms with Crippen LogP contribution in [-0.2, 0) is 4.79 Å². The quantitative estimate of drug-likeness (QED) is 0.568. The Labute approximate surface area is 178 Å². The summed E-state index contributed by atoms with van der Waals surface area (Å²) in [5.74, 6) is 2.53. The Morgan fingerprint density at radius 1 is 1.03 bits per heavy atom. The second-order valence-electron chi connectivity index (χ2n) is 7.22. The van der Waals surface area contributed by atoms with E-state index in [0.717, 1.165) is 43.4 Å². The van der Waals surface area contributed by atoms with Crippen LogP contribution in [0.2, 0.25) is 0 Å². The van der Waals surface area contributed by atoms with Gasteiger partial charge in [-0.3, -0.25) is 4.79 Å². The number of hydrogen-bond acceptors (Lipinski definition) is 5. The van der Waals surface area contributed by atoms with Crippen molar-refractivity contribution in [2.45, 2.75) is 6.92 Å². The molecule has 1 aliphatic rings. The molecule has 1 saturated heterocycles. The van der Waals surface area contributed by atoms with Gasteiger partial charge in [-0.05, 0) is 43.3 Å². The van der Waals surface area contributed by atoms with Crippen molar-refractivity contribution >= 4 is 11.6 Å². The van der Waals surface area contributed by atoms with E-state index in [1.165, 1.54) is 10.6 Å². The predicted molar refractivity (Wildman–Crippen MR) is 117 cm³/mol. The van der Waals surface area contributed by atoms with Crippen molar-refractivity contribution in [1.82, 2.24) is 5.32 Å². The van der Waals surface area contributed by atoms with Crippen LogP contribution < -0.4 is 29.3 Å². The lowest BCUT2D eigenvalue weighted by Crippen LogP contribution is -3.16. The van der Waals surface area contributed by atoms with Crippen LogP contribution in [0.15, 0.2) is 48.5 Å². The van der Waals surface area contributed by atoms with Gasteiger partial charge in [0, 0.05) is 11.8 Å². The van der Waals surface area contributed by atoms with E-state index in [0.29, 0.717) is 26.3 Å². The molecule has 1 fully saturated rings. The number of carbonyl (C=O) groups is 1. The van der Waals surface area contributed by atoms with Gasteiger partial charge in [0.25, 0.3) is 5.91 Å². The van der Waals surface area contributed by atoms with E-state index >= 15 is 0 Å². The first kappa shape index (κ1) is 21.8. The van der Waals surface area contributed by atoms with Crippen LogP contribution in [0, 0.1) is 0 Å². The zero-order valence-electron chi connectivity index (χ0n) is 17.9. The summed E-state index contributed by atoms with van der Waals surface area (Å²) >= 11 is 0. The maximum absolute atomic E-state index is 12.2. The molecular weight excluding hydrogens is 382 g/mol. The molecule has 1 amide bonds. The van der Waals surface area contributed by atoms with Crippen molar-refractivity contribution < 1.29 is 23.9 Å². The van der Waals surface area contributed by atoms with E-state index < -0.39 is 0 Å². The Bertz CT molecular complexity index is 789. The van der Waals surface area contributed by atoms with E-state index in [9.17, 15) is 4.79 Å². The molecule has 2 aromatic rings. The number of benzene rings is 2. The Kier molecular flexibility index (Phi) is 8.20. The van der Waals surface area contributed by atoms with Gasteiger partial charge in [-0.15, -0.1) is 0 Å². The van der Waals surface area contributed by atoms with Gasteiger partial charge in [-0.2, -0.15) is 0 Å². The number of amides is 1. The van der Waals surface area contributed by atoms with Crippen molar-refractivity contribution in [1.29, 1.82) is 0 Å². The molecule has 0 bridgehead atoms. The summed E-state index contributed by atoms with van der Waals surface area (Å²) in [6.07, 6.45) is 0. The number of anilines is 1. The van der Waals surface area contributed by atoms with Crippen LogP contribution in [0.4, 0.5) is 5.69 Å². The van der Waals surface area contributed by atoms with Crippen LogP contribution in [-0.4, -0.2) is 65.5 Å². The molecule has 1 heterocycles. The number of rotatable bonds is 10. The van der Waals surface area contributed by atoms with Crippen LogP contribution in [0.3, 0.4) is 0 Å². The number of methoxy groups -OCH3 is 1. The number of ether oxygens (including phenoxy) is 3. The zero-order chi connectivity index (χ0) is 21.2. The molecule has 0 saturated carbocycles. The standard InChI is InChI=1S/C23H31N3O4/c1-3-29-20-7-9-21(10-8-20)30-16-11-24-23(27)18-25-12-14-26(15-13-25)19-5-4-6-22(17-19)28-2/h4-10,17H,3,11-16,18H2,1-2H3,(H,24,27)/p+1. The van der Waals surface area contributed by atoms with Crippen LogP contribution >= 0.6 is 0 Å². The molecule has 30 heavy (non-hydrogen) atoms. The highest BCUT2D eigenvalue weighted by Crippen LogP contribution is 2.20. The second kappa shape index (κ2) is 11.3. The minimum atomic E-state index is 0.0649. The van der Waals surface area contributed by atoms with E-state index in [2.05, 4.69) is 22.3 Å². The second-order valence-corrected chi connectivity index (χ2v) is 7.22. The summed E-state index contributed by atoms with van der Waals surface area (Å²) < 4.78 is 16.4. The number of nitrogens with one attached hydrogen (secondary N) is 2. The molecule has 0 atom stereocenters. The van der Waals surface area contributed by atoms with Crippen molar-refractivity contribution in [3.63, 3.8) is 0 Å². The molecule has 7 nitrogen and oxygen atoms in total. The first-order valence-corrected chi connectivity index (χ1v) is 10.5. The average molecular weight is 415 g/mol. The minimum Gasteiger partial charge on any atom is -0.497 e. The monoisotopic (exact) mass is 414 g/mol. The maximum Gasteiger partial charge on any atom is 0.275 e. The fourth-order valence-electron chi connectivity index (χ4n) is 3.51. The largest absolute Gasteiger partial charge is 0.497 e. The fourth-order valence-corrected chi connectivity index (χ4v) is 3.51. The van der Waals surface area contributed by atoms with Gasteiger partial charge in [-0.25, -0.2) is 0 Å². The number of piperazine rings is 1. The van der Waals surface area contributed by atoms with Crippen molar-refractivity contribution in [2.24, 2.45) is 0 Å². The maximum atomic E-state index is 12.2. The normalized spacial score (nSPS) is 14.3. The lowest BCUT2D eigenvalue weighted by atomic mass is 10.2. The minimum absolute atomic E-state index is 0.0649. The van der Waals surface area contributed by atoms with Crippen molar-refractivity contribution in [3.05, 3.63) is 48.5 Å². The van der Waals surface area contributed by atoms with Gasteiger partial charge in [0.2, 0.25) is 0 Å². The Morgan fingerprint density at radius 2 is 1.73 bits per heavy atom. The summed E-state index contributed by atoms with van der Waals surface area (Å²) in [6, 6.07) is 15.6. The van der Waals surface area contributed by atoms with Crippen molar-refractivity contribution in [2.75, 3.05) is 64.5 Å². The van der Waals surface area contributed by atoms with Gasteiger partial charge in [0.05, 0.1) is 46.4 Å². The highest BCUT2D eigenvalue weighted by Gasteiger charge is 2.22. The molecular formula is C23H32N3O4+. The van der Waals surface area contributed by atoms with Gasteiger partial charge in [0.1, 0.15) is 23.9 Å². The number of quaternary nitrogens is 1. The first-order valence-electron chi connectivity index (χ1n) is 10.5. The predicted octanol–water partition coefficient (Wildman–Crippen LogP) is 0.994. The highest BCUT2D eigenvalue weighted by atomic mass is 16.5. The molecule has 162 valence electrons. The number of hydrogen-bond donors (Lipinski definition) is 2. The third-order valence-electron chi connectivity index (χ3n) is 5.13. The summed E-state index contributed by atoms with van der Waals surface area (Å²) in [7, 11) is 1.68. The van der Waals surface area contributed by atoms with Crippen LogP contribution in [0.5, 0.6) is 17.2 Å². The molecule has 2 aromatic carbocycles. The Morgan fingerprint density at radius 3 is 2.40 bits per heavy atom. The van der Waals surface area contributed by atoms with E-state index in [4.69, 9.17) is 14.2 Å². The van der Waals surface area contributed by atoms with Gasteiger partial charge < -0.3 is 29.3 Å². The van der Waals surface area contributed by atoms with Gasteiger partial charge in [0.15, 0.2) is 6.54 Å². The molecule has 3 rings (SSSR count). The zero-order valence-corrected chi connectivity index (χ0v) is 17.9. The molecule has 0 radical (unpaired) electrons. The molecule has 2 N–H and O–H groups in total. The number of carbonyl (C=O) groups excluding carboxylic acids is 1. The lowest BCUT2D eigenvalue weighted by Gasteiger charge is -2.33. The summed E-state index contributed by atoms with van der Waals surface area (Å²) in [4.78, 5) is 15.9. The topological polar surface area (TPSA) is 64.5 Å².